The van der Waals surface area contributed by atoms with Crippen LogP contribution >= 0.6 is 0 Å². The van der Waals surface area contributed by atoms with E-state index in [1.807, 2.05) is 0 Å². The van der Waals surface area contributed by atoms with Gasteiger partial charge in [-0.05, 0) is 31.5 Å². The van der Waals surface area contributed by atoms with Gasteiger partial charge in [0.1, 0.15) is 9.84 Å². The number of sulfonamides is 1. The minimum Gasteiger partial charge on any atom is -0.324 e. The molecule has 0 bridgehead atoms. The molecule has 0 aliphatic heterocycles. The summed E-state index contributed by atoms with van der Waals surface area (Å²) in [5.74, 6) is -0.246. The molecule has 1 rings (SSSR count). The zero-order valence-electron chi connectivity index (χ0n) is 11.7. The fourth-order valence-electron chi connectivity index (χ4n) is 1.77. The predicted molar refractivity (Wildman–Crippen MR) is 78.5 cm³/mol. The van der Waals surface area contributed by atoms with Gasteiger partial charge >= 0.3 is 0 Å². The third kappa shape index (κ3) is 5.20. The van der Waals surface area contributed by atoms with Gasteiger partial charge in [-0.2, -0.15) is 0 Å². The first kappa shape index (κ1) is 17.1. The molecule has 0 fully saturated rings. The van der Waals surface area contributed by atoms with Crippen molar-refractivity contribution in [3.8, 4) is 0 Å². The number of sulfone groups is 1. The molecule has 0 spiro atoms. The Bertz CT molecular complexity index is 649. The molecule has 114 valence electrons. The molecule has 0 aliphatic carbocycles. The quantitative estimate of drug-likeness (QED) is 0.790. The molecular formula is C12H20N2O4S2. The maximum atomic E-state index is 12.1. The predicted octanol–water partition coefficient (Wildman–Crippen LogP) is 0.418. The Morgan fingerprint density at radius 1 is 1.10 bits per heavy atom. The van der Waals surface area contributed by atoms with E-state index in [0.717, 1.165) is 11.8 Å². The maximum absolute atomic E-state index is 12.1. The molecule has 8 heteroatoms. The minimum absolute atomic E-state index is 0.0854. The van der Waals surface area contributed by atoms with E-state index < -0.39 is 25.9 Å². The van der Waals surface area contributed by atoms with Gasteiger partial charge in [0.05, 0.1) is 10.6 Å². The Labute approximate surface area is 120 Å². The standard InChI is InChI=1S/C12H20N2O4S2/c1-9(8-19(3,15)16)14-20(17,18)12-6-4-11(5-7-12)10(2)13/h4-7,9-10,14H,8,13H2,1-3H3. The fraction of sp³-hybridized carbons (Fsp3) is 0.500. The van der Waals surface area contributed by atoms with Crippen molar-refractivity contribution >= 4 is 19.9 Å². The molecule has 0 heterocycles. The van der Waals surface area contributed by atoms with E-state index in [4.69, 9.17) is 5.73 Å². The van der Waals surface area contributed by atoms with Crippen LogP contribution in [0.5, 0.6) is 0 Å². The van der Waals surface area contributed by atoms with Crippen molar-refractivity contribution in [2.75, 3.05) is 12.0 Å². The van der Waals surface area contributed by atoms with Crippen molar-refractivity contribution in [3.05, 3.63) is 29.8 Å². The van der Waals surface area contributed by atoms with Gasteiger partial charge in [-0.3, -0.25) is 0 Å². The average Bonchev–Trinajstić information content (AvgIpc) is 2.25. The van der Waals surface area contributed by atoms with Crippen molar-refractivity contribution < 1.29 is 16.8 Å². The summed E-state index contributed by atoms with van der Waals surface area (Å²) < 4.78 is 48.8. The topological polar surface area (TPSA) is 106 Å². The smallest absolute Gasteiger partial charge is 0.240 e. The van der Waals surface area contributed by atoms with Crippen LogP contribution in [0.25, 0.3) is 0 Å². The van der Waals surface area contributed by atoms with Gasteiger partial charge in [0.15, 0.2) is 0 Å². The highest BCUT2D eigenvalue weighted by Crippen LogP contribution is 2.15. The number of nitrogens with two attached hydrogens (primary N) is 1. The highest BCUT2D eigenvalue weighted by Gasteiger charge is 2.20. The normalized spacial score (nSPS) is 15.8. The van der Waals surface area contributed by atoms with Crippen LogP contribution in [-0.4, -0.2) is 34.9 Å². The summed E-state index contributed by atoms with van der Waals surface area (Å²) in [5.41, 5.74) is 6.52. The van der Waals surface area contributed by atoms with Crippen molar-refractivity contribution in [3.63, 3.8) is 0 Å². The zero-order chi connectivity index (χ0) is 15.6. The van der Waals surface area contributed by atoms with Gasteiger partial charge in [0, 0.05) is 18.3 Å². The molecule has 0 saturated carbocycles. The van der Waals surface area contributed by atoms with Crippen LogP contribution in [0.4, 0.5) is 0 Å². The largest absolute Gasteiger partial charge is 0.324 e. The maximum Gasteiger partial charge on any atom is 0.240 e. The van der Waals surface area contributed by atoms with Crippen LogP contribution in [0, 0.1) is 0 Å². The Balaban J connectivity index is 2.88. The fourth-order valence-corrected chi connectivity index (χ4v) is 4.11. The molecule has 1 aromatic carbocycles. The minimum atomic E-state index is -3.73. The van der Waals surface area contributed by atoms with Gasteiger partial charge < -0.3 is 5.73 Å². The van der Waals surface area contributed by atoms with Crippen LogP contribution in [0.1, 0.15) is 25.5 Å². The van der Waals surface area contributed by atoms with E-state index >= 15 is 0 Å². The summed E-state index contributed by atoms with van der Waals surface area (Å²) in [6.45, 7) is 3.31. The zero-order valence-corrected chi connectivity index (χ0v) is 13.3. The molecule has 0 aromatic heterocycles. The molecule has 2 unspecified atom stereocenters. The molecule has 0 amide bonds. The number of benzene rings is 1. The van der Waals surface area contributed by atoms with Gasteiger partial charge in [-0.1, -0.05) is 12.1 Å². The molecule has 0 aliphatic rings. The molecular weight excluding hydrogens is 300 g/mol. The monoisotopic (exact) mass is 320 g/mol. The highest BCUT2D eigenvalue weighted by molar-refractivity contribution is 7.91. The number of hydrogen-bond acceptors (Lipinski definition) is 5. The lowest BCUT2D eigenvalue weighted by Crippen LogP contribution is -2.37. The lowest BCUT2D eigenvalue weighted by atomic mass is 10.1. The van der Waals surface area contributed by atoms with Gasteiger partial charge in [0.2, 0.25) is 10.0 Å². The molecule has 6 nitrogen and oxygen atoms in total. The molecule has 3 N–H and O–H groups in total. The van der Waals surface area contributed by atoms with Crippen molar-refractivity contribution in [1.29, 1.82) is 0 Å². The van der Waals surface area contributed by atoms with Crippen LogP contribution in [-0.2, 0) is 19.9 Å². The highest BCUT2D eigenvalue weighted by atomic mass is 32.2. The van der Waals surface area contributed by atoms with Gasteiger partial charge in [0.25, 0.3) is 0 Å². The molecule has 2 atom stereocenters. The second-order valence-electron chi connectivity index (χ2n) is 4.97. The van der Waals surface area contributed by atoms with Crippen LogP contribution in [0.3, 0.4) is 0 Å². The molecule has 0 radical (unpaired) electrons. The summed E-state index contributed by atoms with van der Waals surface area (Å²) in [5, 5.41) is 0. The van der Waals surface area contributed by atoms with Gasteiger partial charge in [-0.15, -0.1) is 0 Å². The summed E-state index contributed by atoms with van der Waals surface area (Å²) in [4.78, 5) is 0.0854. The Hall–Kier alpha value is -0.960. The Morgan fingerprint density at radius 3 is 2.00 bits per heavy atom. The number of rotatable bonds is 6. The first-order valence-corrected chi connectivity index (χ1v) is 9.61. The van der Waals surface area contributed by atoms with Crippen molar-refractivity contribution in [2.45, 2.75) is 30.8 Å². The summed E-state index contributed by atoms with van der Waals surface area (Å²) >= 11 is 0. The van der Waals surface area contributed by atoms with E-state index in [1.54, 1.807) is 19.1 Å². The summed E-state index contributed by atoms with van der Waals surface area (Å²) in [6.07, 6.45) is 1.06. The van der Waals surface area contributed by atoms with E-state index in [2.05, 4.69) is 4.72 Å². The van der Waals surface area contributed by atoms with E-state index in [1.165, 1.54) is 19.1 Å². The molecule has 1 aromatic rings. The second-order valence-corrected chi connectivity index (χ2v) is 8.87. The van der Waals surface area contributed by atoms with E-state index in [-0.39, 0.29) is 16.7 Å². The first-order valence-electron chi connectivity index (χ1n) is 6.07. The molecule has 20 heavy (non-hydrogen) atoms. The van der Waals surface area contributed by atoms with Crippen LogP contribution in [0.2, 0.25) is 0 Å². The average molecular weight is 320 g/mol. The van der Waals surface area contributed by atoms with E-state index in [0.29, 0.717) is 0 Å². The second kappa shape index (κ2) is 6.21. The van der Waals surface area contributed by atoms with E-state index in [9.17, 15) is 16.8 Å². The van der Waals surface area contributed by atoms with Crippen molar-refractivity contribution in [1.82, 2.24) is 4.72 Å². The summed E-state index contributed by atoms with van der Waals surface area (Å²) in [6, 6.07) is 5.32. The lowest BCUT2D eigenvalue weighted by molar-refractivity contribution is 0.564. The number of nitrogens with one attached hydrogen (secondary N) is 1. The SMILES string of the molecule is CC(CS(C)(=O)=O)NS(=O)(=O)c1ccc(C(C)N)cc1. The Kier molecular flexibility index (Phi) is 5.31. The van der Waals surface area contributed by atoms with Crippen LogP contribution in [0.15, 0.2) is 29.2 Å². The summed E-state index contributed by atoms with van der Waals surface area (Å²) in [7, 11) is -6.97. The van der Waals surface area contributed by atoms with Crippen LogP contribution < -0.4 is 10.5 Å². The Morgan fingerprint density at radius 2 is 1.60 bits per heavy atom. The third-order valence-corrected chi connectivity index (χ3v) is 5.34. The third-order valence-electron chi connectivity index (χ3n) is 2.63. The lowest BCUT2D eigenvalue weighted by Gasteiger charge is -2.14. The number of hydrogen-bond donors (Lipinski definition) is 2. The first-order chi connectivity index (χ1) is 9.01. The van der Waals surface area contributed by atoms with Gasteiger partial charge in [-0.25, -0.2) is 21.6 Å². The van der Waals surface area contributed by atoms with Crippen molar-refractivity contribution in [2.24, 2.45) is 5.73 Å². The molecule has 0 saturated heterocycles.